The van der Waals surface area contributed by atoms with Gasteiger partial charge in [0.25, 0.3) is 0 Å². The van der Waals surface area contributed by atoms with E-state index in [4.69, 9.17) is 0 Å². The van der Waals surface area contributed by atoms with Gasteiger partial charge in [-0.3, -0.25) is 0 Å². The summed E-state index contributed by atoms with van der Waals surface area (Å²) in [6.45, 7) is 0. The van der Waals surface area contributed by atoms with Gasteiger partial charge in [0.1, 0.15) is 28.3 Å². The monoisotopic (exact) mass is 569 g/mol. The zero-order valence-corrected chi connectivity index (χ0v) is 17.2. The lowest BCUT2D eigenvalue weighted by atomic mass is 10.3. The maximum atomic E-state index is 13.7. The van der Waals surface area contributed by atoms with Crippen LogP contribution in [-0.4, -0.2) is 0 Å². The largest absolute Gasteiger partial charge is 0.207 e. The third kappa shape index (κ3) is 4.08. The van der Waals surface area contributed by atoms with Crippen molar-refractivity contribution in [2.24, 2.45) is 0 Å². The molecule has 0 nitrogen and oxygen atoms in total. The predicted octanol–water partition coefficient (Wildman–Crippen LogP) is 6.41. The van der Waals surface area contributed by atoms with Crippen LogP contribution in [0.2, 0.25) is 0 Å². The minimum Gasteiger partial charge on any atom is -0.207 e. The summed E-state index contributed by atoms with van der Waals surface area (Å²) >= 11 is 4.44. The molecule has 3 aromatic carbocycles. The van der Waals surface area contributed by atoms with Crippen molar-refractivity contribution in [3.8, 4) is 0 Å². The average molecular weight is 569 g/mol. The summed E-state index contributed by atoms with van der Waals surface area (Å²) in [5.41, 5.74) is 0. The van der Waals surface area contributed by atoms with E-state index in [1.807, 2.05) is 18.2 Å². The molecule has 3 rings (SSSR count). The van der Waals surface area contributed by atoms with E-state index in [9.17, 15) is 13.2 Å². The highest BCUT2D eigenvalue weighted by Crippen LogP contribution is 2.35. The Morgan fingerprint density at radius 3 is 1.83 bits per heavy atom. The lowest BCUT2D eigenvalue weighted by Gasteiger charge is -2.10. The standard InChI is InChI=1S/C18H10F3I2S/c19-11-1-4-15(5-2-11)24(16-8-12(20)7-13(21)9-16)18-6-3-14(22)10-17(18)23/h1-10H/q+1. The molecule has 0 aromatic heterocycles. The Labute approximate surface area is 168 Å². The third-order valence-corrected chi connectivity index (χ3v) is 7.41. The Kier molecular flexibility index (Phi) is 5.76. The first kappa shape index (κ1) is 18.1. The van der Waals surface area contributed by atoms with Crippen LogP contribution in [0.15, 0.2) is 75.4 Å². The lowest BCUT2D eigenvalue weighted by Crippen LogP contribution is -2.08. The van der Waals surface area contributed by atoms with Crippen molar-refractivity contribution < 1.29 is 13.2 Å². The van der Waals surface area contributed by atoms with Crippen LogP contribution in [0.5, 0.6) is 0 Å². The minimum atomic E-state index is -0.721. The SMILES string of the molecule is Fc1ccc([S+](c2cc(F)cc(F)c2)c2ccc(I)cc2I)cc1. The van der Waals surface area contributed by atoms with Crippen molar-refractivity contribution in [3.05, 3.63) is 85.3 Å². The average Bonchev–Trinajstić information content (AvgIpc) is 2.50. The molecule has 0 spiro atoms. The fourth-order valence-corrected chi connectivity index (χ4v) is 6.62. The highest BCUT2D eigenvalue weighted by molar-refractivity contribution is 14.1. The maximum absolute atomic E-state index is 13.7. The molecular weight excluding hydrogens is 559 g/mol. The molecular formula is C18H10F3I2S+. The maximum Gasteiger partial charge on any atom is 0.179 e. The molecule has 0 amide bonds. The second-order valence-corrected chi connectivity index (χ2v) is 9.34. The molecule has 0 aliphatic heterocycles. The van der Waals surface area contributed by atoms with E-state index >= 15 is 0 Å². The van der Waals surface area contributed by atoms with Crippen LogP contribution >= 0.6 is 45.2 Å². The lowest BCUT2D eigenvalue weighted by molar-refractivity contribution is 0.577. The van der Waals surface area contributed by atoms with E-state index < -0.39 is 22.5 Å². The zero-order chi connectivity index (χ0) is 17.3. The first-order chi connectivity index (χ1) is 11.4. The smallest absolute Gasteiger partial charge is 0.179 e. The Morgan fingerprint density at radius 1 is 0.625 bits per heavy atom. The second kappa shape index (κ2) is 7.65. The summed E-state index contributed by atoms with van der Waals surface area (Å²) in [6, 6.07) is 15.5. The van der Waals surface area contributed by atoms with E-state index in [-0.39, 0.29) is 5.82 Å². The van der Waals surface area contributed by atoms with Crippen molar-refractivity contribution in [2.45, 2.75) is 14.7 Å². The molecule has 1 unspecified atom stereocenters. The summed E-state index contributed by atoms with van der Waals surface area (Å²) in [5.74, 6) is -1.58. The molecule has 0 aliphatic rings. The highest BCUT2D eigenvalue weighted by Gasteiger charge is 2.32. The molecule has 1 atom stereocenters. The molecule has 0 N–H and O–H groups in total. The summed E-state index contributed by atoms with van der Waals surface area (Å²) in [6.07, 6.45) is 0. The highest BCUT2D eigenvalue weighted by atomic mass is 127. The summed E-state index contributed by atoms with van der Waals surface area (Å²) in [7, 11) is -0.721. The number of hydrogen-bond donors (Lipinski definition) is 0. The van der Waals surface area contributed by atoms with Crippen LogP contribution in [0.3, 0.4) is 0 Å². The van der Waals surface area contributed by atoms with E-state index in [0.717, 1.165) is 23.0 Å². The van der Waals surface area contributed by atoms with Gasteiger partial charge >= 0.3 is 0 Å². The second-order valence-electron chi connectivity index (χ2n) is 4.94. The number of benzene rings is 3. The summed E-state index contributed by atoms with van der Waals surface area (Å²) in [4.78, 5) is 2.28. The van der Waals surface area contributed by atoms with Gasteiger partial charge in [0, 0.05) is 21.8 Å². The molecule has 0 saturated carbocycles. The van der Waals surface area contributed by atoms with E-state index in [0.29, 0.717) is 4.90 Å². The van der Waals surface area contributed by atoms with Gasteiger partial charge in [0.05, 0.1) is 3.57 Å². The molecule has 0 heterocycles. The molecule has 6 heteroatoms. The van der Waals surface area contributed by atoms with Crippen LogP contribution < -0.4 is 0 Å². The van der Waals surface area contributed by atoms with Gasteiger partial charge in [-0.05, 0) is 87.6 Å². The molecule has 122 valence electrons. The zero-order valence-electron chi connectivity index (χ0n) is 12.1. The molecule has 3 aromatic rings. The Balaban J connectivity index is 2.22. The normalized spacial score (nSPS) is 12.2. The van der Waals surface area contributed by atoms with Crippen molar-refractivity contribution in [3.63, 3.8) is 0 Å². The summed E-state index contributed by atoms with van der Waals surface area (Å²) in [5, 5.41) is 0. The fraction of sp³-hybridized carbons (Fsp3) is 0. The van der Waals surface area contributed by atoms with Crippen LogP contribution in [0.4, 0.5) is 13.2 Å². The topological polar surface area (TPSA) is 0 Å². The van der Waals surface area contributed by atoms with Crippen molar-refractivity contribution in [1.82, 2.24) is 0 Å². The van der Waals surface area contributed by atoms with Crippen LogP contribution in [0.1, 0.15) is 0 Å². The first-order valence-corrected chi connectivity index (χ1v) is 10.2. The van der Waals surface area contributed by atoms with Crippen LogP contribution in [-0.2, 0) is 10.9 Å². The van der Waals surface area contributed by atoms with Gasteiger partial charge in [0.2, 0.25) is 0 Å². The number of hydrogen-bond acceptors (Lipinski definition) is 0. The van der Waals surface area contributed by atoms with E-state index in [2.05, 4.69) is 45.2 Å². The Hall–Kier alpha value is -0.740. The molecule has 0 bridgehead atoms. The molecule has 0 fully saturated rings. The van der Waals surface area contributed by atoms with Gasteiger partial charge in [-0.1, -0.05) is 0 Å². The fourth-order valence-electron chi connectivity index (χ4n) is 2.25. The molecule has 24 heavy (non-hydrogen) atoms. The predicted molar refractivity (Wildman–Crippen MR) is 107 cm³/mol. The molecule has 0 aliphatic carbocycles. The van der Waals surface area contributed by atoms with Crippen molar-refractivity contribution in [2.75, 3.05) is 0 Å². The Morgan fingerprint density at radius 2 is 1.25 bits per heavy atom. The Bertz CT molecular complexity index is 862. The van der Waals surface area contributed by atoms with Crippen molar-refractivity contribution >= 4 is 56.1 Å². The van der Waals surface area contributed by atoms with Gasteiger partial charge < -0.3 is 0 Å². The minimum absolute atomic E-state index is 0.343. The number of rotatable bonds is 3. The van der Waals surface area contributed by atoms with Gasteiger partial charge in [0.15, 0.2) is 14.7 Å². The van der Waals surface area contributed by atoms with Gasteiger partial charge in [-0.15, -0.1) is 0 Å². The van der Waals surface area contributed by atoms with E-state index in [1.54, 1.807) is 12.1 Å². The third-order valence-electron chi connectivity index (χ3n) is 3.23. The van der Waals surface area contributed by atoms with Crippen LogP contribution in [0.25, 0.3) is 0 Å². The molecule has 0 radical (unpaired) electrons. The van der Waals surface area contributed by atoms with Crippen LogP contribution in [0, 0.1) is 24.6 Å². The van der Waals surface area contributed by atoms with Gasteiger partial charge in [-0.25, -0.2) is 13.2 Å². The summed E-state index contributed by atoms with van der Waals surface area (Å²) < 4.78 is 42.9. The van der Waals surface area contributed by atoms with E-state index in [1.165, 1.54) is 24.3 Å². The number of halogens is 5. The first-order valence-electron chi connectivity index (χ1n) is 6.85. The van der Waals surface area contributed by atoms with Crippen molar-refractivity contribution in [1.29, 1.82) is 0 Å². The quantitative estimate of drug-likeness (QED) is 0.253. The van der Waals surface area contributed by atoms with Gasteiger partial charge in [-0.2, -0.15) is 0 Å². The molecule has 0 saturated heterocycles.